The number of ether oxygens (including phenoxy) is 6. The molecule has 0 N–H and O–H groups in total. The summed E-state index contributed by atoms with van der Waals surface area (Å²) in [7, 11) is 1.66. The molecule has 48 heavy (non-hydrogen) atoms. The van der Waals surface area contributed by atoms with Gasteiger partial charge in [0.1, 0.15) is 26.4 Å². The summed E-state index contributed by atoms with van der Waals surface area (Å²) in [6.45, 7) is 11.1. The van der Waals surface area contributed by atoms with Crippen molar-refractivity contribution in [2.24, 2.45) is 11.8 Å². The number of methoxy groups -OCH3 is 1. The van der Waals surface area contributed by atoms with E-state index in [0.29, 0.717) is 63.2 Å². The highest BCUT2D eigenvalue weighted by atomic mass is 32.2. The van der Waals surface area contributed by atoms with E-state index in [0.717, 1.165) is 24.3 Å². The zero-order valence-corrected chi connectivity index (χ0v) is 31.0. The van der Waals surface area contributed by atoms with Crippen LogP contribution in [0.2, 0.25) is 0 Å². The second-order valence-electron chi connectivity index (χ2n) is 11.0. The van der Waals surface area contributed by atoms with Crippen LogP contribution in [0.15, 0.2) is 6.20 Å². The highest BCUT2D eigenvalue weighted by Crippen LogP contribution is 2.11. The van der Waals surface area contributed by atoms with Crippen molar-refractivity contribution in [1.82, 2.24) is 19.9 Å². The van der Waals surface area contributed by atoms with Crippen LogP contribution in [0.1, 0.15) is 59.1 Å². The van der Waals surface area contributed by atoms with Crippen LogP contribution in [0.25, 0.3) is 0 Å². The highest BCUT2D eigenvalue weighted by Gasteiger charge is 2.17. The fourth-order valence-corrected chi connectivity index (χ4v) is 5.45. The molecule has 0 amide bonds. The summed E-state index contributed by atoms with van der Waals surface area (Å²) < 4.78 is 33.3. The lowest BCUT2D eigenvalue weighted by Crippen LogP contribution is -2.30. The van der Waals surface area contributed by atoms with Gasteiger partial charge in [-0.05, 0) is 24.3 Å². The van der Waals surface area contributed by atoms with E-state index in [9.17, 15) is 19.2 Å². The Morgan fingerprint density at radius 1 is 0.771 bits per heavy atom. The molecule has 0 spiro atoms. The fourth-order valence-electron chi connectivity index (χ4n) is 4.00. The number of aryl methyl sites for hydroxylation is 1. The number of carbonyl (C=O) groups is 4. The van der Waals surface area contributed by atoms with Crippen molar-refractivity contribution >= 4 is 47.4 Å². The zero-order chi connectivity index (χ0) is 35.4. The molecule has 2 atom stereocenters. The lowest BCUT2D eigenvalue weighted by Gasteiger charge is -2.20. The molecule has 276 valence electrons. The number of nitrogens with zero attached hydrogens (tertiary/aromatic N) is 4. The average molecular weight is 721 g/mol. The van der Waals surface area contributed by atoms with Crippen LogP contribution in [0.5, 0.6) is 0 Å². The predicted molar refractivity (Wildman–Crippen MR) is 185 cm³/mol. The molecule has 14 nitrogen and oxygen atoms in total. The molecule has 2 unspecified atom stereocenters. The van der Waals surface area contributed by atoms with Gasteiger partial charge in [0, 0.05) is 70.8 Å². The Balaban J connectivity index is 2.55. The monoisotopic (exact) mass is 720 g/mol. The van der Waals surface area contributed by atoms with Gasteiger partial charge in [-0.2, -0.15) is 23.5 Å². The lowest BCUT2D eigenvalue weighted by molar-refractivity contribution is -0.154. The van der Waals surface area contributed by atoms with Crippen molar-refractivity contribution in [2.45, 2.75) is 66.5 Å². The number of rotatable bonds is 30. The molecule has 0 aliphatic rings. The van der Waals surface area contributed by atoms with Crippen LogP contribution in [0.3, 0.4) is 0 Å². The van der Waals surface area contributed by atoms with E-state index in [-0.39, 0.29) is 63.0 Å². The molecule has 1 rings (SSSR count). The minimum Gasteiger partial charge on any atom is -0.462 e. The smallest absolute Gasteiger partial charge is 0.309 e. The minimum absolute atomic E-state index is 0.00547. The first-order valence-corrected chi connectivity index (χ1v) is 19.0. The van der Waals surface area contributed by atoms with Crippen LogP contribution in [-0.4, -0.2) is 133 Å². The van der Waals surface area contributed by atoms with E-state index < -0.39 is 11.9 Å². The topological polar surface area (TPSA) is 158 Å². The Kier molecular flexibility index (Phi) is 25.8. The van der Waals surface area contributed by atoms with Crippen molar-refractivity contribution in [3.05, 3.63) is 11.9 Å². The van der Waals surface area contributed by atoms with Gasteiger partial charge in [0.25, 0.3) is 0 Å². The number of hydrogen-bond donors (Lipinski definition) is 0. The van der Waals surface area contributed by atoms with Crippen LogP contribution in [0.4, 0.5) is 0 Å². The minimum atomic E-state index is -0.448. The first kappa shape index (κ1) is 43.6. The first-order valence-electron chi connectivity index (χ1n) is 16.7. The van der Waals surface area contributed by atoms with E-state index in [1.54, 1.807) is 35.3 Å². The molecule has 0 radical (unpaired) electrons. The summed E-state index contributed by atoms with van der Waals surface area (Å²) in [4.78, 5) is 50.9. The molecular weight excluding hydrogens is 665 g/mol. The van der Waals surface area contributed by atoms with Crippen LogP contribution in [0, 0.1) is 11.8 Å². The standard InChI is InChI=1S/C32H56N4O10S2/c1-6-47-24-26(3)31(39)45-20-18-43-29(37)10-13-35(14-11-30(38)44-19-21-46-32(40)27(4)25-48-7-2)22-28-23-36(34-33-28)12-8-16-42-17-9-15-41-5/h23,26-27H,6-22,24-25H2,1-5H3. The number of thioether (sulfide) groups is 2. The first-order chi connectivity index (χ1) is 23.2. The van der Waals surface area contributed by atoms with Gasteiger partial charge < -0.3 is 28.4 Å². The van der Waals surface area contributed by atoms with E-state index in [4.69, 9.17) is 28.4 Å². The third-order valence-corrected chi connectivity index (χ3v) is 8.97. The summed E-state index contributed by atoms with van der Waals surface area (Å²) in [5.74, 6) is 1.24. The maximum atomic E-state index is 12.4. The molecule has 1 heterocycles. The summed E-state index contributed by atoms with van der Waals surface area (Å²) in [6, 6.07) is 0. The lowest BCUT2D eigenvalue weighted by atomic mass is 10.2. The number of hydrogen-bond acceptors (Lipinski definition) is 15. The SMILES string of the molecule is CCSCC(C)C(=O)OCCOC(=O)CCN(CCC(=O)OCCOC(=O)C(C)CSCC)Cc1cn(CCCOCCCOC)nn1. The molecule has 16 heteroatoms. The summed E-state index contributed by atoms with van der Waals surface area (Å²) in [5, 5.41) is 8.44. The molecule has 0 saturated carbocycles. The molecule has 0 aliphatic heterocycles. The van der Waals surface area contributed by atoms with E-state index in [1.807, 2.05) is 38.8 Å². The molecule has 0 aliphatic carbocycles. The Labute approximate surface area is 294 Å². The predicted octanol–water partition coefficient (Wildman–Crippen LogP) is 3.25. The van der Waals surface area contributed by atoms with Gasteiger partial charge in [-0.25, -0.2) is 0 Å². The Morgan fingerprint density at radius 3 is 1.81 bits per heavy atom. The maximum absolute atomic E-state index is 12.4. The molecule has 0 fully saturated rings. The maximum Gasteiger partial charge on any atom is 0.309 e. The van der Waals surface area contributed by atoms with Crippen molar-refractivity contribution in [2.75, 3.05) is 89.5 Å². The number of carbonyl (C=O) groups excluding carboxylic acids is 4. The highest BCUT2D eigenvalue weighted by molar-refractivity contribution is 7.99. The summed E-state index contributed by atoms with van der Waals surface area (Å²) in [6.07, 6.45) is 3.57. The average Bonchev–Trinajstić information content (AvgIpc) is 3.53. The second-order valence-corrected chi connectivity index (χ2v) is 13.6. The van der Waals surface area contributed by atoms with Gasteiger partial charge in [0.15, 0.2) is 0 Å². The third-order valence-electron chi connectivity index (χ3n) is 6.68. The van der Waals surface area contributed by atoms with Gasteiger partial charge in [-0.3, -0.25) is 28.8 Å². The quantitative estimate of drug-likeness (QED) is 0.0648. The Morgan fingerprint density at radius 2 is 1.29 bits per heavy atom. The normalized spacial score (nSPS) is 12.5. The number of esters is 4. The molecule has 1 aromatic rings. The van der Waals surface area contributed by atoms with Crippen molar-refractivity contribution in [1.29, 1.82) is 0 Å². The van der Waals surface area contributed by atoms with E-state index in [2.05, 4.69) is 10.3 Å². The van der Waals surface area contributed by atoms with Crippen molar-refractivity contribution < 1.29 is 47.6 Å². The van der Waals surface area contributed by atoms with Gasteiger partial charge >= 0.3 is 23.9 Å². The Hall–Kier alpha value is -2.40. The molecular formula is C32H56N4O10S2. The molecule has 0 saturated heterocycles. The van der Waals surface area contributed by atoms with Crippen LogP contribution < -0.4 is 0 Å². The zero-order valence-electron chi connectivity index (χ0n) is 29.4. The number of aromatic nitrogens is 3. The van der Waals surface area contributed by atoms with Crippen LogP contribution >= 0.6 is 23.5 Å². The molecule has 1 aromatic heterocycles. The van der Waals surface area contributed by atoms with Crippen molar-refractivity contribution in [3.63, 3.8) is 0 Å². The Bertz CT molecular complexity index is 983. The summed E-state index contributed by atoms with van der Waals surface area (Å²) >= 11 is 3.33. The van der Waals surface area contributed by atoms with E-state index >= 15 is 0 Å². The molecule has 0 aromatic carbocycles. The molecule has 0 bridgehead atoms. The van der Waals surface area contributed by atoms with E-state index in [1.165, 1.54) is 0 Å². The van der Waals surface area contributed by atoms with Gasteiger partial charge in [-0.15, -0.1) is 5.10 Å². The fraction of sp³-hybridized carbons (Fsp3) is 0.812. The van der Waals surface area contributed by atoms with Gasteiger partial charge in [-0.1, -0.05) is 32.9 Å². The third kappa shape index (κ3) is 22.3. The largest absolute Gasteiger partial charge is 0.462 e. The van der Waals surface area contributed by atoms with Gasteiger partial charge in [0.2, 0.25) is 0 Å². The second kappa shape index (κ2) is 28.4. The van der Waals surface area contributed by atoms with Gasteiger partial charge in [0.05, 0.1) is 30.4 Å². The van der Waals surface area contributed by atoms with Crippen LogP contribution in [-0.2, 0) is 60.7 Å². The summed E-state index contributed by atoms with van der Waals surface area (Å²) in [5.41, 5.74) is 0.683. The van der Waals surface area contributed by atoms with Crippen molar-refractivity contribution in [3.8, 4) is 0 Å².